The van der Waals surface area contributed by atoms with Crippen molar-refractivity contribution in [2.45, 2.75) is 12.6 Å². The molecule has 4 nitrogen and oxygen atoms in total. The number of benzene rings is 1. The zero-order chi connectivity index (χ0) is 13.8. The van der Waals surface area contributed by atoms with Crippen molar-refractivity contribution in [1.29, 1.82) is 0 Å². The van der Waals surface area contributed by atoms with Crippen LogP contribution in [0.1, 0.15) is 5.56 Å². The van der Waals surface area contributed by atoms with Gasteiger partial charge in [-0.3, -0.25) is 4.79 Å². The highest BCUT2D eigenvalue weighted by molar-refractivity contribution is 5.81. The SMILES string of the molecule is CN(Cc1ccc(F)cc1F)C(=O)C1COCCN1. The van der Waals surface area contributed by atoms with Crippen LogP contribution in [0.2, 0.25) is 0 Å². The van der Waals surface area contributed by atoms with E-state index < -0.39 is 17.7 Å². The third-order valence-electron chi connectivity index (χ3n) is 3.02. The first-order valence-electron chi connectivity index (χ1n) is 6.08. The molecule has 0 bridgehead atoms. The van der Waals surface area contributed by atoms with E-state index in [1.165, 1.54) is 17.0 Å². The lowest BCUT2D eigenvalue weighted by atomic mass is 10.1. The zero-order valence-corrected chi connectivity index (χ0v) is 10.7. The number of hydrogen-bond donors (Lipinski definition) is 1. The summed E-state index contributed by atoms with van der Waals surface area (Å²) >= 11 is 0. The molecule has 0 saturated carbocycles. The standard InChI is InChI=1S/C13H16F2N2O2/c1-17(13(18)12-8-19-5-4-16-12)7-9-2-3-10(14)6-11(9)15/h2-3,6,12,16H,4-5,7-8H2,1H3. The molecule has 0 spiro atoms. The van der Waals surface area contributed by atoms with Crippen LogP contribution in [0.25, 0.3) is 0 Å². The van der Waals surface area contributed by atoms with E-state index in [1.54, 1.807) is 7.05 Å². The van der Waals surface area contributed by atoms with E-state index in [0.717, 1.165) is 6.07 Å². The Morgan fingerprint density at radius 2 is 2.32 bits per heavy atom. The second kappa shape index (κ2) is 6.08. The Hall–Kier alpha value is -1.53. The van der Waals surface area contributed by atoms with E-state index >= 15 is 0 Å². The molecule has 1 amide bonds. The molecule has 1 N–H and O–H groups in total. The van der Waals surface area contributed by atoms with Crippen LogP contribution in [0.5, 0.6) is 0 Å². The van der Waals surface area contributed by atoms with Gasteiger partial charge in [-0.05, 0) is 6.07 Å². The van der Waals surface area contributed by atoms with Crippen molar-refractivity contribution < 1.29 is 18.3 Å². The van der Waals surface area contributed by atoms with Crippen molar-refractivity contribution in [3.63, 3.8) is 0 Å². The normalized spacial score (nSPS) is 19.2. The fourth-order valence-corrected chi connectivity index (χ4v) is 1.97. The van der Waals surface area contributed by atoms with Gasteiger partial charge < -0.3 is 15.0 Å². The molecule has 2 rings (SSSR count). The number of likely N-dealkylation sites (N-methyl/N-ethyl adjacent to an activating group) is 1. The topological polar surface area (TPSA) is 41.6 Å². The van der Waals surface area contributed by atoms with Crippen molar-refractivity contribution in [2.24, 2.45) is 0 Å². The van der Waals surface area contributed by atoms with Crippen LogP contribution < -0.4 is 5.32 Å². The van der Waals surface area contributed by atoms with Gasteiger partial charge in [0.15, 0.2) is 0 Å². The molecular weight excluding hydrogens is 254 g/mol. The maximum absolute atomic E-state index is 13.5. The number of nitrogens with one attached hydrogen (secondary N) is 1. The fraction of sp³-hybridized carbons (Fsp3) is 0.462. The Balaban J connectivity index is 1.99. The second-order valence-corrected chi connectivity index (χ2v) is 4.51. The minimum absolute atomic E-state index is 0.100. The van der Waals surface area contributed by atoms with Gasteiger partial charge in [-0.15, -0.1) is 0 Å². The Kier molecular flexibility index (Phi) is 4.44. The predicted molar refractivity (Wildman–Crippen MR) is 65.4 cm³/mol. The van der Waals surface area contributed by atoms with E-state index in [4.69, 9.17) is 4.74 Å². The van der Waals surface area contributed by atoms with Gasteiger partial charge in [0.2, 0.25) is 5.91 Å². The van der Waals surface area contributed by atoms with E-state index in [1.807, 2.05) is 0 Å². The van der Waals surface area contributed by atoms with E-state index in [9.17, 15) is 13.6 Å². The van der Waals surface area contributed by atoms with Gasteiger partial charge >= 0.3 is 0 Å². The summed E-state index contributed by atoms with van der Waals surface area (Å²) in [4.78, 5) is 13.5. The minimum Gasteiger partial charge on any atom is -0.378 e. The van der Waals surface area contributed by atoms with Crippen molar-refractivity contribution in [3.8, 4) is 0 Å². The number of carbonyl (C=O) groups is 1. The van der Waals surface area contributed by atoms with Crippen LogP contribution in [0, 0.1) is 11.6 Å². The maximum Gasteiger partial charge on any atom is 0.242 e. The van der Waals surface area contributed by atoms with Crippen molar-refractivity contribution in [3.05, 3.63) is 35.4 Å². The molecule has 0 radical (unpaired) electrons. The summed E-state index contributed by atoms with van der Waals surface area (Å²) in [5, 5.41) is 3.04. The van der Waals surface area contributed by atoms with Crippen LogP contribution in [0.15, 0.2) is 18.2 Å². The number of nitrogens with zero attached hydrogens (tertiary/aromatic N) is 1. The maximum atomic E-state index is 13.5. The lowest BCUT2D eigenvalue weighted by Gasteiger charge is -2.27. The zero-order valence-electron chi connectivity index (χ0n) is 10.7. The number of amides is 1. The number of morpholine rings is 1. The number of rotatable bonds is 3. The van der Waals surface area contributed by atoms with Crippen LogP contribution >= 0.6 is 0 Å². The third-order valence-corrected chi connectivity index (χ3v) is 3.02. The molecule has 6 heteroatoms. The Morgan fingerprint density at radius 1 is 1.53 bits per heavy atom. The summed E-state index contributed by atoms with van der Waals surface area (Å²) in [6, 6.07) is 2.94. The molecular formula is C13H16F2N2O2. The number of carbonyl (C=O) groups excluding carboxylic acids is 1. The summed E-state index contributed by atoms with van der Waals surface area (Å²) in [5.74, 6) is -1.44. The predicted octanol–water partition coefficient (Wildman–Crippen LogP) is 0.912. The first-order valence-corrected chi connectivity index (χ1v) is 6.08. The van der Waals surface area contributed by atoms with E-state index in [0.29, 0.717) is 19.8 Å². The van der Waals surface area contributed by atoms with Gasteiger partial charge in [0.25, 0.3) is 0 Å². The van der Waals surface area contributed by atoms with Gasteiger partial charge in [0, 0.05) is 31.8 Å². The van der Waals surface area contributed by atoms with Crippen molar-refractivity contribution in [1.82, 2.24) is 10.2 Å². The summed E-state index contributed by atoms with van der Waals surface area (Å²) in [6.07, 6.45) is 0. The summed E-state index contributed by atoms with van der Waals surface area (Å²) in [7, 11) is 1.58. The monoisotopic (exact) mass is 270 g/mol. The minimum atomic E-state index is -0.646. The Labute approximate surface area is 110 Å². The molecule has 1 aromatic carbocycles. The highest BCUT2D eigenvalue weighted by Crippen LogP contribution is 2.12. The third kappa shape index (κ3) is 3.48. The molecule has 1 aliphatic heterocycles. The molecule has 1 aromatic rings. The van der Waals surface area contributed by atoms with Crippen molar-refractivity contribution >= 4 is 5.91 Å². The summed E-state index contributed by atoms with van der Waals surface area (Å²) in [6.45, 7) is 1.62. The largest absolute Gasteiger partial charge is 0.378 e. The molecule has 1 aliphatic rings. The molecule has 1 unspecified atom stereocenters. The average Bonchev–Trinajstić information content (AvgIpc) is 2.42. The van der Waals surface area contributed by atoms with Crippen LogP contribution in [0.4, 0.5) is 8.78 Å². The van der Waals surface area contributed by atoms with Gasteiger partial charge in [0.05, 0.1) is 13.2 Å². The fourth-order valence-electron chi connectivity index (χ4n) is 1.97. The number of ether oxygens (including phenoxy) is 1. The molecule has 19 heavy (non-hydrogen) atoms. The Morgan fingerprint density at radius 3 is 2.95 bits per heavy atom. The van der Waals surface area contributed by atoms with Gasteiger partial charge in [-0.1, -0.05) is 6.07 Å². The molecule has 0 aromatic heterocycles. The smallest absolute Gasteiger partial charge is 0.242 e. The lowest BCUT2D eigenvalue weighted by molar-refractivity contribution is -0.135. The van der Waals surface area contributed by atoms with Gasteiger partial charge in [0.1, 0.15) is 17.7 Å². The molecule has 1 fully saturated rings. The number of halogens is 2. The van der Waals surface area contributed by atoms with Crippen LogP contribution in [-0.2, 0) is 16.1 Å². The van der Waals surface area contributed by atoms with Crippen LogP contribution in [0.3, 0.4) is 0 Å². The molecule has 1 saturated heterocycles. The quantitative estimate of drug-likeness (QED) is 0.887. The van der Waals surface area contributed by atoms with Crippen LogP contribution in [-0.4, -0.2) is 43.7 Å². The highest BCUT2D eigenvalue weighted by Gasteiger charge is 2.24. The average molecular weight is 270 g/mol. The lowest BCUT2D eigenvalue weighted by Crippen LogP contribution is -2.51. The summed E-state index contributed by atoms with van der Waals surface area (Å²) in [5.41, 5.74) is 0.286. The van der Waals surface area contributed by atoms with Gasteiger partial charge in [-0.25, -0.2) is 8.78 Å². The van der Waals surface area contributed by atoms with E-state index in [2.05, 4.69) is 5.32 Å². The van der Waals surface area contributed by atoms with Crippen molar-refractivity contribution in [2.75, 3.05) is 26.8 Å². The Bertz CT molecular complexity index is 462. The highest BCUT2D eigenvalue weighted by atomic mass is 19.1. The molecule has 1 heterocycles. The first kappa shape index (κ1) is 13.9. The molecule has 0 aliphatic carbocycles. The number of hydrogen-bond acceptors (Lipinski definition) is 3. The van der Waals surface area contributed by atoms with Gasteiger partial charge in [-0.2, -0.15) is 0 Å². The second-order valence-electron chi connectivity index (χ2n) is 4.51. The summed E-state index contributed by atoms with van der Waals surface area (Å²) < 4.78 is 31.5. The first-order chi connectivity index (χ1) is 9.08. The van der Waals surface area contributed by atoms with E-state index in [-0.39, 0.29) is 18.0 Å². The molecule has 1 atom stereocenters. The molecule has 104 valence electrons.